The lowest BCUT2D eigenvalue weighted by molar-refractivity contribution is 0.305. The first-order chi connectivity index (χ1) is 6.24. The highest BCUT2D eigenvalue weighted by atomic mass is 35.5. The average Bonchev–Trinajstić information content (AvgIpc) is 2.09. The topological polar surface area (TPSA) is 33.1 Å². The van der Waals surface area contributed by atoms with Crippen molar-refractivity contribution in [1.82, 2.24) is 4.98 Å². The second-order valence-corrected chi connectivity index (χ2v) is 2.65. The lowest BCUT2D eigenvalue weighted by atomic mass is 10.2. The van der Waals surface area contributed by atoms with Crippen LogP contribution in [-0.4, -0.2) is 16.7 Å². The van der Waals surface area contributed by atoms with Gasteiger partial charge in [0.15, 0.2) is 0 Å². The van der Waals surface area contributed by atoms with Gasteiger partial charge in [0, 0.05) is 18.7 Å². The van der Waals surface area contributed by atoms with Crippen molar-refractivity contribution in [3.05, 3.63) is 28.8 Å². The Kier molecular flexibility index (Phi) is 3.69. The quantitative estimate of drug-likeness (QED) is 0.551. The van der Waals surface area contributed by atoms with E-state index >= 15 is 0 Å². The highest BCUT2D eigenvalue weighted by molar-refractivity contribution is 6.29. The third-order valence-corrected chi connectivity index (χ3v) is 1.49. The summed E-state index contributed by atoms with van der Waals surface area (Å²) in [6.07, 6.45) is 1.59. The van der Waals surface area contributed by atoms with Gasteiger partial charge in [0.25, 0.3) is 0 Å². The van der Waals surface area contributed by atoms with Crippen LogP contribution in [0, 0.1) is 17.7 Å². The van der Waals surface area contributed by atoms with Crippen LogP contribution in [-0.2, 0) is 0 Å². The number of hydrogen-bond donors (Lipinski definition) is 1. The lowest BCUT2D eigenvalue weighted by Crippen LogP contribution is -1.86. The van der Waals surface area contributed by atoms with Crippen molar-refractivity contribution in [2.75, 3.05) is 6.61 Å². The van der Waals surface area contributed by atoms with Gasteiger partial charge in [-0.25, -0.2) is 9.37 Å². The molecule has 68 valence electrons. The lowest BCUT2D eigenvalue weighted by Gasteiger charge is -1.93. The van der Waals surface area contributed by atoms with Gasteiger partial charge in [0.05, 0.1) is 12.2 Å². The Hall–Kier alpha value is -1.11. The normalized spacial score (nSPS) is 9.15. The zero-order valence-electron chi connectivity index (χ0n) is 6.72. The van der Waals surface area contributed by atoms with E-state index in [0.717, 1.165) is 6.07 Å². The van der Waals surface area contributed by atoms with E-state index in [0.29, 0.717) is 6.42 Å². The van der Waals surface area contributed by atoms with Crippen LogP contribution in [0.2, 0.25) is 5.15 Å². The summed E-state index contributed by atoms with van der Waals surface area (Å²) in [6.45, 7) is -0.0321. The summed E-state index contributed by atoms with van der Waals surface area (Å²) < 4.78 is 13.0. The van der Waals surface area contributed by atoms with E-state index < -0.39 is 5.82 Å². The maximum absolute atomic E-state index is 13.0. The molecule has 0 aliphatic rings. The summed E-state index contributed by atoms with van der Waals surface area (Å²) in [7, 11) is 0. The largest absolute Gasteiger partial charge is 0.395 e. The van der Waals surface area contributed by atoms with Crippen LogP contribution in [0.1, 0.15) is 12.0 Å². The molecule has 13 heavy (non-hydrogen) atoms. The molecule has 0 unspecified atom stereocenters. The number of aliphatic hydroxyl groups is 1. The molecule has 0 amide bonds. The first-order valence-electron chi connectivity index (χ1n) is 3.65. The minimum Gasteiger partial charge on any atom is -0.395 e. The zero-order chi connectivity index (χ0) is 9.68. The molecule has 0 radical (unpaired) electrons. The molecule has 1 aromatic heterocycles. The number of rotatable bonds is 1. The van der Waals surface area contributed by atoms with Gasteiger partial charge in [0.2, 0.25) is 0 Å². The number of halogens is 2. The molecule has 0 spiro atoms. The molecule has 0 aromatic carbocycles. The number of aliphatic hydroxyl groups excluding tert-OH is 1. The average molecular weight is 200 g/mol. The molecule has 2 nitrogen and oxygen atoms in total. The molecule has 1 aromatic rings. The third-order valence-electron chi connectivity index (χ3n) is 1.28. The van der Waals surface area contributed by atoms with Crippen LogP contribution in [0.5, 0.6) is 0 Å². The Morgan fingerprint density at radius 1 is 1.62 bits per heavy atom. The van der Waals surface area contributed by atoms with Crippen LogP contribution < -0.4 is 0 Å². The summed E-state index contributed by atoms with van der Waals surface area (Å²) >= 11 is 5.44. The monoisotopic (exact) mass is 199 g/mol. The van der Waals surface area contributed by atoms with Crippen LogP contribution >= 0.6 is 11.6 Å². The van der Waals surface area contributed by atoms with Crippen molar-refractivity contribution < 1.29 is 9.50 Å². The number of pyridine rings is 1. The van der Waals surface area contributed by atoms with Crippen molar-refractivity contribution in [2.45, 2.75) is 6.42 Å². The highest BCUT2D eigenvalue weighted by Gasteiger charge is 1.99. The Labute approximate surface area is 80.4 Å². The molecule has 4 heteroatoms. The maximum Gasteiger partial charge on any atom is 0.143 e. The molecule has 0 bridgehead atoms. The zero-order valence-corrected chi connectivity index (χ0v) is 7.48. The van der Waals surface area contributed by atoms with Crippen LogP contribution in [0.15, 0.2) is 12.3 Å². The Morgan fingerprint density at radius 2 is 2.38 bits per heavy atom. The molecular weight excluding hydrogens is 193 g/mol. The summed E-state index contributed by atoms with van der Waals surface area (Å²) in [6, 6.07) is 1.10. The van der Waals surface area contributed by atoms with Crippen molar-refractivity contribution in [3.63, 3.8) is 0 Å². The number of aromatic nitrogens is 1. The molecule has 0 aliphatic carbocycles. The standard InChI is InChI=1S/C9H7ClFNO/c10-9-5-8(11)7(6-12-9)3-1-2-4-13/h5-6,13H,2,4H2. The summed E-state index contributed by atoms with van der Waals surface area (Å²) in [4.78, 5) is 3.68. The fraction of sp³-hybridized carbons (Fsp3) is 0.222. The van der Waals surface area contributed by atoms with Crippen molar-refractivity contribution in [2.24, 2.45) is 0 Å². The Morgan fingerprint density at radius 3 is 3.00 bits per heavy atom. The highest BCUT2D eigenvalue weighted by Crippen LogP contribution is 2.09. The SMILES string of the molecule is OCCC#Cc1cnc(Cl)cc1F. The predicted molar refractivity (Wildman–Crippen MR) is 47.8 cm³/mol. The van der Waals surface area contributed by atoms with Gasteiger partial charge in [-0.2, -0.15) is 0 Å². The van der Waals surface area contributed by atoms with Crippen molar-refractivity contribution >= 4 is 11.6 Å². The summed E-state index contributed by atoms with van der Waals surface area (Å²) in [5.74, 6) is 4.63. The van der Waals surface area contributed by atoms with Gasteiger partial charge >= 0.3 is 0 Å². The van der Waals surface area contributed by atoms with E-state index in [-0.39, 0.29) is 17.3 Å². The van der Waals surface area contributed by atoms with E-state index in [2.05, 4.69) is 16.8 Å². The fourth-order valence-electron chi connectivity index (χ4n) is 0.713. The molecule has 0 fully saturated rings. The molecule has 0 atom stereocenters. The van der Waals surface area contributed by atoms with E-state index in [1.165, 1.54) is 6.20 Å². The minimum atomic E-state index is -0.495. The Balaban J connectivity index is 2.85. The van der Waals surface area contributed by atoms with E-state index in [1.807, 2.05) is 0 Å². The predicted octanol–water partition coefficient (Wildman–Crippen LogP) is 1.61. The van der Waals surface area contributed by atoms with Gasteiger partial charge in [0.1, 0.15) is 11.0 Å². The first-order valence-corrected chi connectivity index (χ1v) is 4.02. The van der Waals surface area contributed by atoms with Crippen LogP contribution in [0.25, 0.3) is 0 Å². The van der Waals surface area contributed by atoms with Gasteiger partial charge in [-0.3, -0.25) is 0 Å². The van der Waals surface area contributed by atoms with E-state index in [9.17, 15) is 4.39 Å². The third kappa shape index (κ3) is 3.02. The molecule has 1 N–H and O–H groups in total. The second kappa shape index (κ2) is 4.80. The molecule has 0 saturated heterocycles. The maximum atomic E-state index is 13.0. The molecule has 0 saturated carbocycles. The first kappa shape index (κ1) is 9.97. The summed E-state index contributed by atoms with van der Waals surface area (Å²) in [5, 5.41) is 8.53. The van der Waals surface area contributed by atoms with Crippen molar-refractivity contribution in [3.8, 4) is 11.8 Å². The van der Waals surface area contributed by atoms with E-state index in [1.54, 1.807) is 0 Å². The molecule has 0 aliphatic heterocycles. The van der Waals surface area contributed by atoms with Gasteiger partial charge in [-0.1, -0.05) is 23.4 Å². The van der Waals surface area contributed by atoms with Crippen LogP contribution in [0.3, 0.4) is 0 Å². The Bertz CT molecular complexity index is 356. The number of nitrogens with zero attached hydrogens (tertiary/aromatic N) is 1. The smallest absolute Gasteiger partial charge is 0.143 e. The molecular formula is C9H7ClFNO. The van der Waals surface area contributed by atoms with Crippen LogP contribution in [0.4, 0.5) is 4.39 Å². The van der Waals surface area contributed by atoms with Crippen molar-refractivity contribution in [1.29, 1.82) is 0 Å². The van der Waals surface area contributed by atoms with Gasteiger partial charge < -0.3 is 5.11 Å². The number of hydrogen-bond acceptors (Lipinski definition) is 2. The molecule has 1 heterocycles. The summed E-state index contributed by atoms with van der Waals surface area (Å²) in [5.41, 5.74) is 0.192. The fourth-order valence-corrected chi connectivity index (χ4v) is 0.858. The minimum absolute atomic E-state index is 0.0321. The molecule has 1 rings (SSSR count). The second-order valence-electron chi connectivity index (χ2n) is 2.26. The van der Waals surface area contributed by atoms with Gasteiger partial charge in [-0.05, 0) is 0 Å². The van der Waals surface area contributed by atoms with Gasteiger partial charge in [-0.15, -0.1) is 0 Å². The van der Waals surface area contributed by atoms with E-state index in [4.69, 9.17) is 16.7 Å².